The number of ether oxygens (including phenoxy) is 1. The summed E-state index contributed by atoms with van der Waals surface area (Å²) in [6.45, 7) is -1.16. The van der Waals surface area contributed by atoms with Gasteiger partial charge in [0.15, 0.2) is 0 Å². The molecule has 0 saturated carbocycles. The van der Waals surface area contributed by atoms with E-state index in [4.69, 9.17) is 0 Å². The molecular weight excluding hydrogens is 166 g/mol. The monoisotopic (exact) mass is 174 g/mol. The normalized spacial score (nSPS) is 11.8. The fourth-order valence-corrected chi connectivity index (χ4v) is 0.632. The summed E-state index contributed by atoms with van der Waals surface area (Å²) in [6, 6.07) is 0. The van der Waals surface area contributed by atoms with E-state index in [1.165, 1.54) is 0 Å². The summed E-state index contributed by atoms with van der Waals surface area (Å²) in [4.78, 5) is 0. The van der Waals surface area contributed by atoms with Crippen LogP contribution in [0.15, 0.2) is 0 Å². The van der Waals surface area contributed by atoms with Gasteiger partial charge in [0.2, 0.25) is 0 Å². The zero-order valence-electron chi connectivity index (χ0n) is 5.22. The van der Waals surface area contributed by atoms with Crippen LogP contribution >= 0.6 is 0 Å². The van der Waals surface area contributed by atoms with Gasteiger partial charge in [-0.05, 0) is 0 Å². The van der Waals surface area contributed by atoms with Crippen LogP contribution < -0.4 is 0 Å². The highest BCUT2D eigenvalue weighted by atomic mass is 32.3. The minimum Gasteiger partial charge on any atom is -0.378 e. The first kappa shape index (κ1) is 9.77. The fourth-order valence-electron chi connectivity index (χ4n) is 0.315. The molecular formula is C4H8F2O3S. The number of hydrogen-bond acceptors (Lipinski definition) is 3. The molecule has 0 aliphatic rings. The second-order valence-electron chi connectivity index (χ2n) is 1.54. The predicted octanol–water partition coefficient (Wildman–Crippen LogP) is 0.272. The van der Waals surface area contributed by atoms with Crippen molar-refractivity contribution in [2.24, 2.45) is 0 Å². The zero-order valence-corrected chi connectivity index (χ0v) is 6.03. The predicted molar refractivity (Wildman–Crippen MR) is 31.7 cm³/mol. The molecule has 0 N–H and O–H groups in total. The third-order valence-electron chi connectivity index (χ3n) is 0.693. The van der Waals surface area contributed by atoms with Crippen molar-refractivity contribution in [2.45, 2.75) is 0 Å². The van der Waals surface area contributed by atoms with Gasteiger partial charge in [-0.1, -0.05) is 0 Å². The van der Waals surface area contributed by atoms with Crippen molar-refractivity contribution in [1.82, 2.24) is 0 Å². The molecule has 62 valence electrons. The fraction of sp³-hybridized carbons (Fsp3) is 1.00. The lowest BCUT2D eigenvalue weighted by Crippen LogP contribution is -2.08. The van der Waals surface area contributed by atoms with E-state index in [9.17, 15) is 16.7 Å². The lowest BCUT2D eigenvalue weighted by atomic mass is 10.8. The average molecular weight is 174 g/mol. The van der Waals surface area contributed by atoms with Gasteiger partial charge in [0, 0.05) is 0 Å². The van der Waals surface area contributed by atoms with E-state index in [1.807, 2.05) is 0 Å². The van der Waals surface area contributed by atoms with Crippen molar-refractivity contribution in [2.75, 3.05) is 25.6 Å². The molecule has 0 amide bonds. The Morgan fingerprint density at radius 3 is 2.30 bits per heavy atom. The van der Waals surface area contributed by atoms with Crippen LogP contribution in [0, 0.1) is 0 Å². The maximum absolute atomic E-state index is 11.6. The van der Waals surface area contributed by atoms with E-state index in [0.717, 1.165) is 0 Å². The Hall–Kier alpha value is -0.230. The summed E-state index contributed by atoms with van der Waals surface area (Å²) in [7, 11) is -4.45. The Labute approximate surface area is 58.2 Å². The Morgan fingerprint density at radius 2 is 1.90 bits per heavy atom. The molecule has 0 aromatic heterocycles. The van der Waals surface area contributed by atoms with Crippen LogP contribution in [0.3, 0.4) is 0 Å². The maximum Gasteiger partial charge on any atom is 0.304 e. The van der Waals surface area contributed by atoms with Crippen LogP contribution in [0.25, 0.3) is 0 Å². The third-order valence-corrected chi connectivity index (χ3v) is 1.35. The van der Waals surface area contributed by atoms with Crippen LogP contribution in [0.2, 0.25) is 0 Å². The van der Waals surface area contributed by atoms with E-state index >= 15 is 0 Å². The second kappa shape index (κ2) is 4.56. The summed E-state index contributed by atoms with van der Waals surface area (Å²) < 4.78 is 46.7. The molecule has 0 fully saturated rings. The van der Waals surface area contributed by atoms with E-state index in [1.54, 1.807) is 0 Å². The highest BCUT2D eigenvalue weighted by Gasteiger charge is 2.05. The molecule has 0 heterocycles. The van der Waals surface area contributed by atoms with Gasteiger partial charge in [-0.15, -0.1) is 3.89 Å². The topological polar surface area (TPSA) is 43.4 Å². The van der Waals surface area contributed by atoms with Crippen LogP contribution in [0.4, 0.5) is 8.28 Å². The molecule has 0 aliphatic carbocycles. The standard InChI is InChI=1S/C4H8F2O3S/c5-1-2-9-3-4-10(6,7)8/h1-4H2. The van der Waals surface area contributed by atoms with Gasteiger partial charge in [0.25, 0.3) is 0 Å². The lowest BCUT2D eigenvalue weighted by Gasteiger charge is -1.96. The molecule has 0 radical (unpaired) electrons. The zero-order chi connectivity index (χ0) is 8.04. The molecule has 0 spiro atoms. The Kier molecular flexibility index (Phi) is 4.46. The molecule has 0 aromatic carbocycles. The van der Waals surface area contributed by atoms with E-state index in [0.29, 0.717) is 0 Å². The summed E-state index contributed by atoms with van der Waals surface area (Å²) in [5, 5.41) is 0. The molecule has 0 atom stereocenters. The highest BCUT2D eigenvalue weighted by Crippen LogP contribution is 1.89. The minimum absolute atomic E-state index is 0.185. The van der Waals surface area contributed by atoms with Crippen molar-refractivity contribution in [3.8, 4) is 0 Å². The molecule has 3 nitrogen and oxygen atoms in total. The summed E-state index contributed by atoms with van der Waals surface area (Å²) in [5.41, 5.74) is 0. The van der Waals surface area contributed by atoms with Crippen molar-refractivity contribution < 1.29 is 21.4 Å². The number of hydrogen-bond donors (Lipinski definition) is 0. The largest absolute Gasteiger partial charge is 0.378 e. The van der Waals surface area contributed by atoms with Crippen LogP contribution in [-0.4, -0.2) is 34.1 Å². The van der Waals surface area contributed by atoms with Gasteiger partial charge < -0.3 is 4.74 Å². The van der Waals surface area contributed by atoms with E-state index in [-0.39, 0.29) is 13.2 Å². The van der Waals surface area contributed by atoms with Gasteiger partial charge >= 0.3 is 10.2 Å². The Bertz CT molecular complexity index is 165. The van der Waals surface area contributed by atoms with Crippen molar-refractivity contribution in [3.05, 3.63) is 0 Å². The van der Waals surface area contributed by atoms with Gasteiger partial charge in [-0.25, -0.2) is 4.39 Å². The molecule has 0 aromatic rings. The van der Waals surface area contributed by atoms with E-state index < -0.39 is 22.7 Å². The summed E-state index contributed by atoms with van der Waals surface area (Å²) in [6.07, 6.45) is 0. The lowest BCUT2D eigenvalue weighted by molar-refractivity contribution is 0.132. The Morgan fingerprint density at radius 1 is 1.30 bits per heavy atom. The highest BCUT2D eigenvalue weighted by molar-refractivity contribution is 7.86. The second-order valence-corrected chi connectivity index (χ2v) is 3.03. The molecule has 6 heteroatoms. The van der Waals surface area contributed by atoms with Crippen LogP contribution in [-0.2, 0) is 15.0 Å². The molecule has 0 unspecified atom stereocenters. The first-order valence-corrected chi connectivity index (χ1v) is 4.17. The molecule has 0 rings (SSSR count). The molecule has 0 bridgehead atoms. The van der Waals surface area contributed by atoms with Crippen molar-refractivity contribution in [1.29, 1.82) is 0 Å². The number of rotatable bonds is 5. The third kappa shape index (κ3) is 7.77. The van der Waals surface area contributed by atoms with Crippen molar-refractivity contribution in [3.63, 3.8) is 0 Å². The SMILES string of the molecule is O=S(=O)(F)CCOCCF. The van der Waals surface area contributed by atoms with Crippen LogP contribution in [0.5, 0.6) is 0 Å². The van der Waals surface area contributed by atoms with Crippen molar-refractivity contribution >= 4 is 10.2 Å². The number of halogens is 2. The Balaban J connectivity index is 3.21. The molecule has 10 heavy (non-hydrogen) atoms. The number of alkyl halides is 1. The van der Waals surface area contributed by atoms with Gasteiger partial charge in [0.1, 0.15) is 12.4 Å². The van der Waals surface area contributed by atoms with Crippen LogP contribution in [0.1, 0.15) is 0 Å². The molecule has 0 saturated heterocycles. The smallest absolute Gasteiger partial charge is 0.304 e. The summed E-state index contributed by atoms with van der Waals surface area (Å²) >= 11 is 0. The maximum atomic E-state index is 11.6. The minimum atomic E-state index is -4.45. The quantitative estimate of drug-likeness (QED) is 0.444. The first-order valence-electron chi connectivity index (χ1n) is 2.62. The average Bonchev–Trinajstić information content (AvgIpc) is 1.78. The van der Waals surface area contributed by atoms with E-state index in [2.05, 4.69) is 4.74 Å². The first-order chi connectivity index (χ1) is 4.56. The molecule has 0 aliphatic heterocycles. The van der Waals surface area contributed by atoms with Gasteiger partial charge in [0.05, 0.1) is 13.2 Å². The van der Waals surface area contributed by atoms with Gasteiger partial charge in [-0.2, -0.15) is 8.42 Å². The van der Waals surface area contributed by atoms with Gasteiger partial charge in [-0.3, -0.25) is 0 Å². The summed E-state index contributed by atoms with van der Waals surface area (Å²) in [5.74, 6) is -0.701.